The topological polar surface area (TPSA) is 83.5 Å². The molecule has 0 aromatic carbocycles. The van der Waals surface area contributed by atoms with E-state index in [1.54, 1.807) is 0 Å². The minimum atomic E-state index is -4.11. The fourth-order valence-corrected chi connectivity index (χ4v) is 0.559. The molecule has 2 N–H and O–H groups in total. The summed E-state index contributed by atoms with van der Waals surface area (Å²) < 4.78 is 28.0. The van der Waals surface area contributed by atoms with Crippen LogP contribution in [-0.2, 0) is 14.9 Å². The predicted molar refractivity (Wildman–Crippen MR) is 35.9 cm³/mol. The number of nitrogens with one attached hydrogen (secondary N) is 1. The molecule has 1 amide bonds. The van der Waals surface area contributed by atoms with Crippen molar-refractivity contribution in [3.8, 4) is 0 Å². The minimum absolute atomic E-state index is 0. The molecular weight excluding hydrogens is 181 g/mol. The van der Waals surface area contributed by atoms with Gasteiger partial charge in [0.2, 0.25) is 5.91 Å². The molecule has 0 spiro atoms. The van der Waals surface area contributed by atoms with E-state index < -0.39 is 21.9 Å². The fourth-order valence-electron chi connectivity index (χ4n) is 0.234. The molecule has 0 aromatic rings. The van der Waals surface area contributed by atoms with E-state index in [0.717, 1.165) is 6.08 Å². The molecule has 0 atom stereocenters. The molecule has 0 heterocycles. The van der Waals surface area contributed by atoms with Crippen LogP contribution in [0.2, 0.25) is 0 Å². The first-order chi connectivity index (χ1) is 4.45. The van der Waals surface area contributed by atoms with Gasteiger partial charge in [0, 0.05) is 0 Å². The zero-order valence-corrected chi connectivity index (χ0v) is 8.89. The zero-order chi connectivity index (χ0) is 8.20. The van der Waals surface area contributed by atoms with Crippen molar-refractivity contribution in [1.29, 1.82) is 0 Å². The van der Waals surface area contributed by atoms with Gasteiger partial charge in [0.1, 0.15) is 5.88 Å². The maximum atomic E-state index is 10.3. The van der Waals surface area contributed by atoms with Gasteiger partial charge in [0.25, 0.3) is 10.1 Å². The molecule has 0 radical (unpaired) electrons. The van der Waals surface area contributed by atoms with E-state index in [9.17, 15) is 13.2 Å². The van der Waals surface area contributed by atoms with Gasteiger partial charge in [-0.1, -0.05) is 6.58 Å². The second-order valence-corrected chi connectivity index (χ2v) is 2.92. The summed E-state index contributed by atoms with van der Waals surface area (Å²) in [4.78, 5) is 10.3. The van der Waals surface area contributed by atoms with Crippen LogP contribution >= 0.6 is 0 Å². The maximum absolute atomic E-state index is 10.3. The number of hydrogen-bond acceptors (Lipinski definition) is 3. The molecule has 7 heteroatoms. The second-order valence-electron chi connectivity index (χ2n) is 1.47. The Kier molecular flexibility index (Phi) is 7.13. The average Bonchev–Trinajstić information content (AvgIpc) is 1.81. The van der Waals surface area contributed by atoms with Gasteiger partial charge in [-0.3, -0.25) is 9.35 Å². The summed E-state index contributed by atoms with van der Waals surface area (Å²) in [5, 5.41) is 1.88. The first-order valence-corrected chi connectivity index (χ1v) is 3.92. The molecule has 0 aliphatic heterocycles. The van der Waals surface area contributed by atoms with E-state index in [4.69, 9.17) is 4.55 Å². The zero-order valence-electron chi connectivity index (χ0n) is 7.07. The van der Waals surface area contributed by atoms with Crippen molar-refractivity contribution in [3.63, 3.8) is 0 Å². The molecule has 0 bridgehead atoms. The van der Waals surface area contributed by atoms with E-state index in [-0.39, 0.29) is 31.0 Å². The molecule has 0 saturated carbocycles. The van der Waals surface area contributed by atoms with Crippen LogP contribution in [0.15, 0.2) is 12.7 Å². The quantitative estimate of drug-likeness (QED) is 0.271. The van der Waals surface area contributed by atoms with Crippen LogP contribution in [-0.4, -0.2) is 24.8 Å². The van der Waals surface area contributed by atoms with Crippen LogP contribution in [0, 0.1) is 0 Å². The van der Waals surface area contributed by atoms with Crippen LogP contribution in [0.3, 0.4) is 0 Å². The Morgan fingerprint density at radius 1 is 1.73 bits per heavy atom. The van der Waals surface area contributed by atoms with E-state index >= 15 is 0 Å². The maximum Gasteiger partial charge on any atom is 1.00 e. The largest absolute Gasteiger partial charge is 1.00 e. The third kappa shape index (κ3) is 10.1. The smallest absolute Gasteiger partial charge is 1.00 e. The fraction of sp³-hybridized carbons (Fsp3) is 0.250. The first-order valence-electron chi connectivity index (χ1n) is 2.31. The Hall–Kier alpha value is 0.120. The van der Waals surface area contributed by atoms with Crippen molar-refractivity contribution >= 4 is 16.0 Å². The van der Waals surface area contributed by atoms with Gasteiger partial charge in [-0.25, -0.2) is 0 Å². The molecule has 0 aliphatic rings. The minimum Gasteiger partial charge on any atom is -1.00 e. The van der Waals surface area contributed by atoms with Crippen LogP contribution in [0.1, 0.15) is 1.43 Å². The van der Waals surface area contributed by atoms with Crippen molar-refractivity contribution in [2.75, 3.05) is 5.88 Å². The molecule has 11 heavy (non-hydrogen) atoms. The molecule has 60 valence electrons. The van der Waals surface area contributed by atoms with Gasteiger partial charge >= 0.3 is 29.6 Å². The summed E-state index contributed by atoms with van der Waals surface area (Å²) in [6.45, 7) is 3.07. The van der Waals surface area contributed by atoms with Gasteiger partial charge < -0.3 is 6.74 Å². The third-order valence-corrected chi connectivity index (χ3v) is 1.12. The Morgan fingerprint density at radius 3 is 2.45 bits per heavy atom. The van der Waals surface area contributed by atoms with Crippen molar-refractivity contribution in [1.82, 2.24) is 5.32 Å². The van der Waals surface area contributed by atoms with Gasteiger partial charge in [0.05, 0.1) is 0 Å². The van der Waals surface area contributed by atoms with Crippen LogP contribution in [0.4, 0.5) is 0 Å². The Morgan fingerprint density at radius 2 is 2.18 bits per heavy atom. The Balaban J connectivity index is -0.000000405. The first kappa shape index (κ1) is 13.7. The molecule has 0 rings (SSSR count). The monoisotopic (exact) mass is 189 g/mol. The van der Waals surface area contributed by atoms with Crippen molar-refractivity contribution < 1.29 is 48.7 Å². The van der Waals surface area contributed by atoms with E-state index in [2.05, 4.69) is 6.58 Å². The van der Waals surface area contributed by atoms with Gasteiger partial charge in [-0.2, -0.15) is 8.42 Å². The second kappa shape index (κ2) is 5.73. The molecule has 0 unspecified atom stereocenters. The van der Waals surface area contributed by atoms with E-state index in [0.29, 0.717) is 0 Å². The molecular formula is C4H8NNaO4S. The predicted octanol–water partition coefficient (Wildman–Crippen LogP) is -3.75. The standard InChI is InChI=1S/C4H7NO4S.Na.H/c1-2-4(6)5-3-10(7,8)9;;/h2H,1,3H2,(H,5,6)(H,7,8,9);;/q;+1;-1. The molecule has 0 saturated heterocycles. The summed E-state index contributed by atoms with van der Waals surface area (Å²) >= 11 is 0. The normalized spacial score (nSPS) is 9.55. The molecule has 5 nitrogen and oxygen atoms in total. The number of amides is 1. The summed E-state index contributed by atoms with van der Waals surface area (Å²) in [6.07, 6.45) is 0.908. The number of carbonyl (C=O) groups excluding carboxylic acids is 1. The summed E-state index contributed by atoms with van der Waals surface area (Å²) in [5.41, 5.74) is 0. The number of hydrogen-bond donors (Lipinski definition) is 2. The van der Waals surface area contributed by atoms with Crippen molar-refractivity contribution in [3.05, 3.63) is 12.7 Å². The van der Waals surface area contributed by atoms with Crippen molar-refractivity contribution in [2.45, 2.75) is 0 Å². The number of rotatable bonds is 3. The summed E-state index contributed by atoms with van der Waals surface area (Å²) in [7, 11) is -4.11. The molecule has 0 aliphatic carbocycles. The van der Waals surface area contributed by atoms with Crippen LogP contribution < -0.4 is 34.9 Å². The third-order valence-electron chi connectivity index (χ3n) is 0.614. The molecule has 0 aromatic heterocycles. The van der Waals surface area contributed by atoms with Gasteiger partial charge in [-0.15, -0.1) is 0 Å². The molecule has 0 fully saturated rings. The summed E-state index contributed by atoms with van der Waals surface area (Å²) in [5.74, 6) is -1.42. The van der Waals surface area contributed by atoms with E-state index in [1.165, 1.54) is 0 Å². The van der Waals surface area contributed by atoms with Gasteiger partial charge in [-0.05, 0) is 6.08 Å². The summed E-state index contributed by atoms with van der Waals surface area (Å²) in [6, 6.07) is 0. The number of carbonyl (C=O) groups is 1. The Labute approximate surface area is 88.4 Å². The Bertz CT molecular complexity index is 239. The van der Waals surface area contributed by atoms with Gasteiger partial charge in [0.15, 0.2) is 0 Å². The van der Waals surface area contributed by atoms with Crippen LogP contribution in [0.5, 0.6) is 0 Å². The van der Waals surface area contributed by atoms with Crippen molar-refractivity contribution in [2.24, 2.45) is 0 Å². The SMILES string of the molecule is C=CC(=O)NCS(=O)(=O)O.[H-].[Na+]. The van der Waals surface area contributed by atoms with Crippen LogP contribution in [0.25, 0.3) is 0 Å². The van der Waals surface area contributed by atoms with E-state index in [1.807, 2.05) is 5.32 Å². The average molecular weight is 189 g/mol.